The molecule has 0 aromatic heterocycles. The van der Waals surface area contributed by atoms with E-state index in [1.165, 1.54) is 0 Å². The molecule has 5 nitrogen and oxygen atoms in total. The Bertz CT molecular complexity index is 599. The van der Waals surface area contributed by atoms with Crippen LogP contribution in [0.15, 0.2) is 24.3 Å². The van der Waals surface area contributed by atoms with E-state index in [1.54, 1.807) is 7.11 Å². The van der Waals surface area contributed by atoms with Crippen molar-refractivity contribution in [1.29, 1.82) is 0 Å². The van der Waals surface area contributed by atoms with E-state index in [1.807, 2.05) is 34.1 Å². The molecular formula is C20H30N2O3. The van der Waals surface area contributed by atoms with Crippen molar-refractivity contribution >= 4 is 11.8 Å². The second-order valence-electron chi connectivity index (χ2n) is 7.85. The van der Waals surface area contributed by atoms with Crippen LogP contribution in [-0.2, 0) is 16.0 Å². The molecule has 0 aliphatic carbocycles. The van der Waals surface area contributed by atoms with Gasteiger partial charge in [-0.1, -0.05) is 32.9 Å². The zero-order valence-electron chi connectivity index (χ0n) is 15.9. The molecule has 1 fully saturated rings. The number of piperazine rings is 1. The third-order valence-corrected chi connectivity index (χ3v) is 4.43. The van der Waals surface area contributed by atoms with Crippen LogP contribution < -0.4 is 4.74 Å². The second kappa shape index (κ2) is 8.37. The highest BCUT2D eigenvalue weighted by Crippen LogP contribution is 2.20. The van der Waals surface area contributed by atoms with E-state index in [2.05, 4.69) is 20.8 Å². The third-order valence-electron chi connectivity index (χ3n) is 4.43. The molecular weight excluding hydrogens is 316 g/mol. The molecule has 1 saturated heterocycles. The van der Waals surface area contributed by atoms with E-state index in [0.29, 0.717) is 45.4 Å². The van der Waals surface area contributed by atoms with Gasteiger partial charge in [0.15, 0.2) is 0 Å². The molecule has 0 bridgehead atoms. The fourth-order valence-electron chi connectivity index (χ4n) is 3.01. The van der Waals surface area contributed by atoms with Gasteiger partial charge in [0.25, 0.3) is 0 Å². The van der Waals surface area contributed by atoms with E-state index in [4.69, 9.17) is 4.74 Å². The Labute approximate surface area is 150 Å². The highest BCUT2D eigenvalue weighted by Gasteiger charge is 2.26. The van der Waals surface area contributed by atoms with Crippen LogP contribution in [0.5, 0.6) is 5.75 Å². The highest BCUT2D eigenvalue weighted by atomic mass is 16.5. The quantitative estimate of drug-likeness (QED) is 0.824. The second-order valence-corrected chi connectivity index (χ2v) is 7.85. The minimum absolute atomic E-state index is 0.000771. The van der Waals surface area contributed by atoms with Gasteiger partial charge in [-0.2, -0.15) is 0 Å². The van der Waals surface area contributed by atoms with Crippen molar-refractivity contribution in [2.45, 2.75) is 40.0 Å². The summed E-state index contributed by atoms with van der Waals surface area (Å²) in [6.07, 6.45) is 1.75. The molecule has 25 heavy (non-hydrogen) atoms. The molecule has 2 rings (SSSR count). The van der Waals surface area contributed by atoms with Crippen molar-refractivity contribution in [3.8, 4) is 5.75 Å². The fraction of sp³-hybridized carbons (Fsp3) is 0.600. The van der Waals surface area contributed by atoms with Gasteiger partial charge in [-0.05, 0) is 29.5 Å². The molecule has 1 heterocycles. The molecule has 2 amide bonds. The summed E-state index contributed by atoms with van der Waals surface area (Å²) in [4.78, 5) is 28.5. The van der Waals surface area contributed by atoms with Crippen molar-refractivity contribution in [2.75, 3.05) is 33.3 Å². The minimum Gasteiger partial charge on any atom is -0.497 e. The average Bonchev–Trinajstić information content (AvgIpc) is 2.58. The number of carbonyl (C=O) groups excluding carboxylic acids is 2. The van der Waals surface area contributed by atoms with Crippen LogP contribution in [0.2, 0.25) is 0 Å². The lowest BCUT2D eigenvalue weighted by Gasteiger charge is -2.36. The maximum absolute atomic E-state index is 12.4. The van der Waals surface area contributed by atoms with E-state index < -0.39 is 0 Å². The molecule has 0 saturated carbocycles. The Morgan fingerprint density at radius 3 is 2.20 bits per heavy atom. The van der Waals surface area contributed by atoms with Gasteiger partial charge in [0.1, 0.15) is 5.75 Å². The third kappa shape index (κ3) is 6.07. The first-order valence-corrected chi connectivity index (χ1v) is 8.97. The van der Waals surface area contributed by atoms with Gasteiger partial charge in [0.05, 0.1) is 7.11 Å². The van der Waals surface area contributed by atoms with Crippen LogP contribution >= 0.6 is 0 Å². The molecule has 1 aliphatic heterocycles. The Hall–Kier alpha value is -2.04. The summed E-state index contributed by atoms with van der Waals surface area (Å²) >= 11 is 0. The van der Waals surface area contributed by atoms with Gasteiger partial charge in [0.2, 0.25) is 11.8 Å². The van der Waals surface area contributed by atoms with E-state index in [0.717, 1.165) is 11.3 Å². The molecule has 138 valence electrons. The van der Waals surface area contributed by atoms with Crippen LogP contribution in [0.1, 0.15) is 39.2 Å². The minimum atomic E-state index is 0.000771. The lowest BCUT2D eigenvalue weighted by molar-refractivity contribution is -0.140. The summed E-state index contributed by atoms with van der Waals surface area (Å²) in [5.41, 5.74) is 1.10. The molecule has 1 aliphatic rings. The molecule has 0 radical (unpaired) electrons. The predicted molar refractivity (Wildman–Crippen MR) is 98.5 cm³/mol. The van der Waals surface area contributed by atoms with Crippen molar-refractivity contribution in [1.82, 2.24) is 9.80 Å². The molecule has 0 unspecified atom stereocenters. The molecule has 0 N–H and O–H groups in total. The first kappa shape index (κ1) is 19.3. The van der Waals surface area contributed by atoms with Crippen LogP contribution in [-0.4, -0.2) is 54.9 Å². The van der Waals surface area contributed by atoms with Gasteiger partial charge in [-0.3, -0.25) is 9.59 Å². The predicted octanol–water partition coefficient (Wildman–Crippen LogP) is 2.73. The number of amides is 2. The smallest absolute Gasteiger partial charge is 0.223 e. The fourth-order valence-corrected chi connectivity index (χ4v) is 3.01. The van der Waals surface area contributed by atoms with Crippen LogP contribution in [0, 0.1) is 5.41 Å². The van der Waals surface area contributed by atoms with Crippen molar-refractivity contribution < 1.29 is 14.3 Å². The maximum Gasteiger partial charge on any atom is 0.223 e. The number of hydrogen-bond donors (Lipinski definition) is 0. The summed E-state index contributed by atoms with van der Waals surface area (Å²) in [6, 6.07) is 7.83. The summed E-state index contributed by atoms with van der Waals surface area (Å²) in [7, 11) is 1.64. The summed E-state index contributed by atoms with van der Waals surface area (Å²) in [6.45, 7) is 8.76. The van der Waals surface area contributed by atoms with E-state index >= 15 is 0 Å². The van der Waals surface area contributed by atoms with Crippen LogP contribution in [0.25, 0.3) is 0 Å². The number of ether oxygens (including phenoxy) is 1. The average molecular weight is 346 g/mol. The van der Waals surface area contributed by atoms with Crippen LogP contribution in [0.3, 0.4) is 0 Å². The van der Waals surface area contributed by atoms with Crippen LogP contribution in [0.4, 0.5) is 0 Å². The largest absolute Gasteiger partial charge is 0.497 e. The van der Waals surface area contributed by atoms with Gasteiger partial charge in [-0.25, -0.2) is 0 Å². The first-order valence-electron chi connectivity index (χ1n) is 8.97. The number of carbonyl (C=O) groups is 2. The topological polar surface area (TPSA) is 49.9 Å². The molecule has 1 aromatic carbocycles. The Morgan fingerprint density at radius 2 is 1.64 bits per heavy atom. The number of benzene rings is 1. The van der Waals surface area contributed by atoms with E-state index in [-0.39, 0.29) is 17.2 Å². The summed E-state index contributed by atoms with van der Waals surface area (Å²) in [5.74, 6) is 1.16. The summed E-state index contributed by atoms with van der Waals surface area (Å²) < 4.78 is 5.21. The molecule has 5 heteroatoms. The Balaban J connectivity index is 1.78. The van der Waals surface area contributed by atoms with E-state index in [9.17, 15) is 9.59 Å². The monoisotopic (exact) mass is 346 g/mol. The van der Waals surface area contributed by atoms with Gasteiger partial charge in [-0.15, -0.1) is 0 Å². The Morgan fingerprint density at radius 1 is 1.04 bits per heavy atom. The number of methoxy groups -OCH3 is 1. The zero-order chi connectivity index (χ0) is 18.4. The van der Waals surface area contributed by atoms with Gasteiger partial charge in [0, 0.05) is 39.0 Å². The number of aryl methyl sites for hydroxylation is 1. The van der Waals surface area contributed by atoms with Gasteiger partial charge < -0.3 is 14.5 Å². The molecule has 0 atom stereocenters. The van der Waals surface area contributed by atoms with Crippen molar-refractivity contribution in [3.63, 3.8) is 0 Å². The summed E-state index contributed by atoms with van der Waals surface area (Å²) in [5, 5.41) is 0. The number of rotatable bonds is 5. The Kier molecular flexibility index (Phi) is 6.45. The van der Waals surface area contributed by atoms with Crippen molar-refractivity contribution in [2.24, 2.45) is 5.41 Å². The normalized spacial score (nSPS) is 15.2. The standard InChI is InChI=1S/C20H30N2O3/c1-20(2,3)15-19(24)22-12-10-21(11-13-22)18(23)9-8-16-6-5-7-17(14-16)25-4/h5-7,14H,8-13,15H2,1-4H3. The van der Waals surface area contributed by atoms with Crippen molar-refractivity contribution in [3.05, 3.63) is 29.8 Å². The lowest BCUT2D eigenvalue weighted by Crippen LogP contribution is -2.51. The number of hydrogen-bond acceptors (Lipinski definition) is 3. The number of nitrogens with zero attached hydrogens (tertiary/aromatic N) is 2. The molecule has 0 spiro atoms. The SMILES string of the molecule is COc1cccc(CCC(=O)N2CCN(C(=O)CC(C)(C)C)CC2)c1. The molecule has 1 aromatic rings. The highest BCUT2D eigenvalue weighted by molar-refractivity contribution is 5.79. The maximum atomic E-state index is 12.4. The first-order chi connectivity index (χ1) is 11.8. The lowest BCUT2D eigenvalue weighted by atomic mass is 9.91. The van der Waals surface area contributed by atoms with Gasteiger partial charge >= 0.3 is 0 Å². The zero-order valence-corrected chi connectivity index (χ0v) is 15.9.